The van der Waals surface area contributed by atoms with E-state index in [4.69, 9.17) is 15.9 Å². The highest BCUT2D eigenvalue weighted by molar-refractivity contribution is 6.02. The number of anilines is 2. The fourth-order valence-corrected chi connectivity index (χ4v) is 5.43. The number of benzene rings is 2. The van der Waals surface area contributed by atoms with Crippen molar-refractivity contribution in [3.05, 3.63) is 72.1 Å². The molecule has 0 aliphatic carbocycles. The Hall–Kier alpha value is -3.95. The first kappa shape index (κ1) is 23.4. The molecule has 0 bridgehead atoms. The van der Waals surface area contributed by atoms with Crippen LogP contribution in [0, 0.1) is 11.6 Å². The van der Waals surface area contributed by atoms with Crippen molar-refractivity contribution in [3.63, 3.8) is 0 Å². The van der Waals surface area contributed by atoms with Gasteiger partial charge in [0.2, 0.25) is 0 Å². The zero-order valence-corrected chi connectivity index (χ0v) is 20.1. The molecule has 2 fully saturated rings. The quantitative estimate of drug-likeness (QED) is 0.372. The van der Waals surface area contributed by atoms with E-state index in [0.29, 0.717) is 41.2 Å². The molecule has 5 N–H and O–H groups in total. The van der Waals surface area contributed by atoms with Gasteiger partial charge in [-0.25, -0.2) is 8.78 Å². The smallest absolute Gasteiger partial charge is 0.169 e. The highest BCUT2D eigenvalue weighted by atomic mass is 19.1. The number of aromatic nitrogens is 2. The molecule has 0 amide bonds. The number of hydrogen-bond acceptors (Lipinski definition) is 6. The van der Waals surface area contributed by atoms with Gasteiger partial charge in [0.05, 0.1) is 40.9 Å². The highest BCUT2D eigenvalue weighted by Crippen LogP contribution is 2.40. The number of ether oxygens (including phenoxy) is 1. The van der Waals surface area contributed by atoms with Crippen LogP contribution < -0.4 is 21.4 Å². The summed E-state index contributed by atoms with van der Waals surface area (Å²) in [5.41, 5.74) is 11.6. The Balaban J connectivity index is 1.56. The van der Waals surface area contributed by atoms with Crippen LogP contribution in [0.25, 0.3) is 33.3 Å². The number of rotatable bonds is 4. The molecule has 4 aromatic rings. The van der Waals surface area contributed by atoms with Crippen LogP contribution in [0.1, 0.15) is 12.0 Å². The van der Waals surface area contributed by atoms with Crippen LogP contribution >= 0.6 is 0 Å². The van der Waals surface area contributed by atoms with Crippen molar-refractivity contribution in [1.82, 2.24) is 15.3 Å². The molecule has 2 saturated heterocycles. The molecular formula is C28H27F2N6O+. The van der Waals surface area contributed by atoms with Gasteiger partial charge in [-0.1, -0.05) is 6.07 Å². The highest BCUT2D eigenvalue weighted by Gasteiger charge is 2.33. The predicted molar refractivity (Wildman–Crippen MR) is 140 cm³/mol. The second-order valence-corrected chi connectivity index (χ2v) is 9.44. The fourth-order valence-electron chi connectivity index (χ4n) is 5.43. The average Bonchev–Trinajstić information content (AvgIpc) is 2.91. The van der Waals surface area contributed by atoms with E-state index in [2.05, 4.69) is 20.2 Å². The molecule has 2 aromatic carbocycles. The number of hydrogen-bond donors (Lipinski definition) is 3. The van der Waals surface area contributed by atoms with Crippen molar-refractivity contribution < 1.29 is 18.9 Å². The lowest BCUT2D eigenvalue weighted by molar-refractivity contribution is -0.104. The van der Waals surface area contributed by atoms with E-state index in [1.165, 1.54) is 18.3 Å². The van der Waals surface area contributed by atoms with Gasteiger partial charge in [0.25, 0.3) is 0 Å². The number of nitrogens with one attached hydrogen (secondary N) is 1. The van der Waals surface area contributed by atoms with Gasteiger partial charge in [-0.2, -0.15) is 0 Å². The molecule has 4 heterocycles. The Kier molecular flexibility index (Phi) is 6.02. The van der Waals surface area contributed by atoms with Crippen LogP contribution in [0.15, 0.2) is 54.9 Å². The number of nitrogen functional groups attached to an aromatic ring is 1. The van der Waals surface area contributed by atoms with E-state index in [9.17, 15) is 8.78 Å². The maximum atomic E-state index is 14.3. The van der Waals surface area contributed by atoms with E-state index in [0.717, 1.165) is 47.7 Å². The van der Waals surface area contributed by atoms with Gasteiger partial charge in [0, 0.05) is 60.6 Å². The number of fused-ring (bicyclic) bond motifs is 2. The van der Waals surface area contributed by atoms with Crippen LogP contribution in [-0.4, -0.2) is 54.6 Å². The molecule has 7 nitrogen and oxygen atoms in total. The molecule has 0 radical (unpaired) electrons. The summed E-state index contributed by atoms with van der Waals surface area (Å²) in [7, 11) is 0. The second-order valence-electron chi connectivity index (χ2n) is 9.44. The second kappa shape index (κ2) is 9.49. The number of halogens is 2. The van der Waals surface area contributed by atoms with Crippen molar-refractivity contribution >= 4 is 28.5 Å². The van der Waals surface area contributed by atoms with E-state index in [1.807, 2.05) is 18.2 Å². The van der Waals surface area contributed by atoms with Crippen molar-refractivity contribution in [2.24, 2.45) is 0 Å². The summed E-state index contributed by atoms with van der Waals surface area (Å²) in [5.74, 6) is -1.28. The largest absolute Gasteiger partial charge is 0.396 e. The third-order valence-corrected chi connectivity index (χ3v) is 7.21. The lowest BCUT2D eigenvalue weighted by Gasteiger charge is -2.43. The van der Waals surface area contributed by atoms with Crippen molar-refractivity contribution in [1.29, 1.82) is 0 Å². The molecule has 0 saturated carbocycles. The molecule has 6 rings (SSSR count). The molecule has 2 atom stereocenters. The molecule has 37 heavy (non-hydrogen) atoms. The zero-order valence-electron chi connectivity index (χ0n) is 20.1. The molecule has 0 spiro atoms. The van der Waals surface area contributed by atoms with Crippen molar-refractivity contribution in [2.75, 3.05) is 36.9 Å². The number of pyridine rings is 2. The number of piperidine rings is 1. The first-order valence-electron chi connectivity index (χ1n) is 12.3. The molecule has 188 valence electrons. The maximum Gasteiger partial charge on any atom is 0.169 e. The van der Waals surface area contributed by atoms with Crippen LogP contribution in [0.5, 0.6) is 0 Å². The minimum Gasteiger partial charge on any atom is -0.396 e. The zero-order chi connectivity index (χ0) is 25.5. The lowest BCUT2D eigenvalue weighted by atomic mass is 9.95. The van der Waals surface area contributed by atoms with Crippen molar-refractivity contribution in [3.8, 4) is 22.4 Å². The van der Waals surface area contributed by atoms with Gasteiger partial charge < -0.3 is 20.7 Å². The fraction of sp³-hybridized carbons (Fsp3) is 0.250. The van der Waals surface area contributed by atoms with E-state index >= 15 is 0 Å². The number of morpholine rings is 1. The van der Waals surface area contributed by atoms with E-state index < -0.39 is 11.6 Å². The number of nitrogens with zero attached hydrogens (tertiary/aromatic N) is 3. The molecule has 2 aliphatic heterocycles. The van der Waals surface area contributed by atoms with Gasteiger partial charge in [-0.05, 0) is 42.3 Å². The summed E-state index contributed by atoms with van der Waals surface area (Å²) < 4.78 is 34.7. The maximum absolute atomic E-state index is 14.3. The Labute approximate surface area is 212 Å². The minimum absolute atomic E-state index is 0.0140. The van der Waals surface area contributed by atoms with Gasteiger partial charge in [0.1, 0.15) is 11.6 Å². The topological polar surface area (TPSA) is 102 Å². The van der Waals surface area contributed by atoms with Gasteiger partial charge in [0.15, 0.2) is 6.21 Å². The van der Waals surface area contributed by atoms with Gasteiger partial charge in [-0.15, -0.1) is 0 Å². The molecule has 2 aliphatic rings. The Morgan fingerprint density at radius 1 is 1.08 bits per heavy atom. The van der Waals surface area contributed by atoms with Gasteiger partial charge >= 0.3 is 0 Å². The predicted octanol–water partition coefficient (Wildman–Crippen LogP) is 2.57. The molecule has 0 unspecified atom stereocenters. The van der Waals surface area contributed by atoms with Crippen molar-refractivity contribution in [2.45, 2.75) is 18.6 Å². The number of nitrogens with two attached hydrogens (primary N) is 2. The third-order valence-electron chi connectivity index (χ3n) is 7.21. The lowest BCUT2D eigenvalue weighted by Crippen LogP contribution is -2.57. The first-order chi connectivity index (χ1) is 18.0. The summed E-state index contributed by atoms with van der Waals surface area (Å²) >= 11 is 0. The van der Waals surface area contributed by atoms with Crippen LogP contribution in [-0.2, 0) is 4.74 Å². The normalized spacial score (nSPS) is 19.6. The molecule has 2 aromatic heterocycles. The van der Waals surface area contributed by atoms with Gasteiger partial charge in [-0.3, -0.25) is 15.4 Å². The summed E-state index contributed by atoms with van der Waals surface area (Å²) in [6, 6.07) is 11.4. The standard InChI is InChI=1S/C28H26F2N6O/c29-19-9-18(10-20(30)12-19)22-14-35-23-2-1-16(27-26(32)17(13-31)3-5-34-27)11-21(23)28(22)36-7-4-24-25(15-36)37-8-6-33-24/h1-3,5,9-14,24-25,31,33H,4,6-8,15,32H2/p+1/t24-,25-/m1/s1. The van der Waals surface area contributed by atoms with E-state index in [1.54, 1.807) is 18.5 Å². The van der Waals surface area contributed by atoms with Crippen LogP contribution in [0.3, 0.4) is 0 Å². The minimum atomic E-state index is -0.639. The Morgan fingerprint density at radius 3 is 2.73 bits per heavy atom. The monoisotopic (exact) mass is 501 g/mol. The Morgan fingerprint density at radius 2 is 1.92 bits per heavy atom. The average molecular weight is 502 g/mol. The SMILES string of the molecule is Nc1c(C=[NH2+])ccnc1-c1ccc2ncc(-c3cc(F)cc(F)c3)c(N3CC[C@H]4NCCO[C@@H]4C3)c2c1. The summed E-state index contributed by atoms with van der Waals surface area (Å²) in [4.78, 5) is 11.4. The molecule has 9 heteroatoms. The summed E-state index contributed by atoms with van der Waals surface area (Å²) in [6.07, 6.45) is 5.70. The van der Waals surface area contributed by atoms with Crippen LogP contribution in [0.4, 0.5) is 20.2 Å². The first-order valence-corrected chi connectivity index (χ1v) is 12.3. The summed E-state index contributed by atoms with van der Waals surface area (Å²) in [5, 5.41) is 10.1. The Bertz CT molecular complexity index is 1490. The van der Waals surface area contributed by atoms with E-state index in [-0.39, 0.29) is 12.1 Å². The van der Waals surface area contributed by atoms with Crippen LogP contribution in [0.2, 0.25) is 0 Å². The third kappa shape index (κ3) is 4.30. The molecular weight excluding hydrogens is 474 g/mol. The summed E-state index contributed by atoms with van der Waals surface area (Å²) in [6.45, 7) is 2.88.